The molecule has 0 saturated carbocycles. The van der Waals surface area contributed by atoms with Crippen LogP contribution in [0.3, 0.4) is 0 Å². The van der Waals surface area contributed by atoms with Gasteiger partial charge in [0.2, 0.25) is 0 Å². The molecule has 0 atom stereocenters. The summed E-state index contributed by atoms with van der Waals surface area (Å²) in [7, 11) is 0. The van der Waals surface area contributed by atoms with E-state index in [2.05, 4.69) is 39.0 Å². The zero-order chi connectivity index (χ0) is 26.3. The molecule has 0 fully saturated rings. The molecule has 0 bridgehead atoms. The Morgan fingerprint density at radius 2 is 0.861 bits per heavy atom. The molecule has 0 amide bonds. The van der Waals surface area contributed by atoms with Gasteiger partial charge in [0.1, 0.15) is 0 Å². The highest BCUT2D eigenvalue weighted by molar-refractivity contribution is 5.44. The third kappa shape index (κ3) is 17.2. The quantitative estimate of drug-likeness (QED) is 0.138. The Morgan fingerprint density at radius 3 is 1.25 bits per heavy atom. The topological polar surface area (TPSA) is 58.9 Å². The van der Waals surface area contributed by atoms with Crippen LogP contribution in [0.2, 0.25) is 0 Å². The predicted molar refractivity (Wildman–Crippen MR) is 153 cm³/mol. The molecule has 4 heteroatoms. The molecule has 36 heavy (non-hydrogen) atoms. The highest BCUT2D eigenvalue weighted by Gasteiger charge is 2.17. The molecular weight excluding hydrogens is 448 g/mol. The van der Waals surface area contributed by atoms with Crippen molar-refractivity contribution < 1.29 is 19.7 Å². The zero-order valence-electron chi connectivity index (χ0n) is 24.0. The van der Waals surface area contributed by atoms with E-state index in [0.29, 0.717) is 13.2 Å². The number of aliphatic hydroxyl groups excluding tert-OH is 2. The van der Waals surface area contributed by atoms with Crippen molar-refractivity contribution in [3.8, 4) is 11.5 Å². The molecule has 1 aromatic carbocycles. The third-order valence-corrected chi connectivity index (χ3v) is 6.93. The van der Waals surface area contributed by atoms with Gasteiger partial charge in [-0.2, -0.15) is 0 Å². The van der Waals surface area contributed by atoms with E-state index in [9.17, 15) is 0 Å². The second-order valence-corrected chi connectivity index (χ2v) is 11.4. The first-order chi connectivity index (χ1) is 17.5. The number of aliphatic hydroxyl groups is 2. The molecule has 2 N–H and O–H groups in total. The van der Waals surface area contributed by atoms with Crippen molar-refractivity contribution in [1.82, 2.24) is 0 Å². The molecule has 0 aromatic heterocycles. The zero-order valence-corrected chi connectivity index (χ0v) is 24.0. The van der Waals surface area contributed by atoms with Gasteiger partial charge >= 0.3 is 0 Å². The molecule has 0 radical (unpaired) electrons. The molecular formula is C32H58O4. The smallest absolute Gasteiger partial charge is 0.161 e. The van der Waals surface area contributed by atoms with Gasteiger partial charge in [0.25, 0.3) is 0 Å². The molecule has 4 nitrogen and oxygen atoms in total. The fraction of sp³-hybridized carbons (Fsp3) is 0.812. The summed E-state index contributed by atoms with van der Waals surface area (Å²) in [5.41, 5.74) is 1.37. The number of ether oxygens (including phenoxy) is 2. The van der Waals surface area contributed by atoms with Gasteiger partial charge in [0.05, 0.1) is 13.2 Å². The van der Waals surface area contributed by atoms with Gasteiger partial charge in [-0.25, -0.2) is 0 Å². The molecule has 0 unspecified atom stereocenters. The lowest BCUT2D eigenvalue weighted by Crippen LogP contribution is -2.12. The summed E-state index contributed by atoms with van der Waals surface area (Å²) in [6, 6.07) is 6.46. The molecule has 0 saturated heterocycles. The van der Waals surface area contributed by atoms with Crippen LogP contribution in [0.1, 0.15) is 142 Å². The first-order valence-corrected chi connectivity index (χ1v) is 15.1. The van der Waals surface area contributed by atoms with E-state index in [0.717, 1.165) is 63.2 Å². The summed E-state index contributed by atoms with van der Waals surface area (Å²) in [5.74, 6) is 1.78. The normalized spacial score (nSPS) is 11.7. The van der Waals surface area contributed by atoms with E-state index in [1.807, 2.05) is 0 Å². The van der Waals surface area contributed by atoms with Crippen molar-refractivity contribution in [1.29, 1.82) is 0 Å². The largest absolute Gasteiger partial charge is 0.490 e. The van der Waals surface area contributed by atoms with E-state index in [1.165, 1.54) is 82.6 Å². The molecule has 0 aliphatic rings. The Labute approximate surface area is 223 Å². The summed E-state index contributed by atoms with van der Waals surface area (Å²) in [6.07, 6.45) is 21.7. The predicted octanol–water partition coefficient (Wildman–Crippen LogP) is 8.75. The molecule has 1 aromatic rings. The van der Waals surface area contributed by atoms with Crippen LogP contribution >= 0.6 is 0 Å². The minimum Gasteiger partial charge on any atom is -0.490 e. The Balaban J connectivity index is 2.28. The van der Waals surface area contributed by atoms with Gasteiger partial charge in [-0.15, -0.1) is 0 Å². The van der Waals surface area contributed by atoms with Crippen LogP contribution in [0, 0.1) is 0 Å². The van der Waals surface area contributed by atoms with Crippen molar-refractivity contribution in [2.24, 2.45) is 0 Å². The van der Waals surface area contributed by atoms with Crippen molar-refractivity contribution in [2.75, 3.05) is 26.4 Å². The van der Waals surface area contributed by atoms with Crippen LogP contribution < -0.4 is 9.47 Å². The van der Waals surface area contributed by atoms with E-state index < -0.39 is 0 Å². The second kappa shape index (κ2) is 21.8. The number of hydrogen-bond acceptors (Lipinski definition) is 4. The average Bonchev–Trinajstić information content (AvgIpc) is 2.85. The molecule has 210 valence electrons. The van der Waals surface area contributed by atoms with E-state index >= 15 is 0 Å². The monoisotopic (exact) mass is 506 g/mol. The first-order valence-electron chi connectivity index (χ1n) is 15.1. The van der Waals surface area contributed by atoms with Gasteiger partial charge in [0.15, 0.2) is 11.5 Å². The summed E-state index contributed by atoms with van der Waals surface area (Å²) in [6.45, 7) is 8.88. The number of unbranched alkanes of at least 4 members (excludes halogenated alkanes) is 16. The van der Waals surface area contributed by atoms with Gasteiger partial charge in [-0.05, 0) is 48.8 Å². The maximum atomic E-state index is 8.83. The molecule has 0 spiro atoms. The van der Waals surface area contributed by atoms with Crippen LogP contribution in [-0.2, 0) is 5.41 Å². The highest BCUT2D eigenvalue weighted by Crippen LogP contribution is 2.33. The van der Waals surface area contributed by atoms with Crippen LogP contribution in [0.15, 0.2) is 18.2 Å². The van der Waals surface area contributed by atoms with Gasteiger partial charge in [-0.1, -0.05) is 117 Å². The van der Waals surface area contributed by atoms with Crippen molar-refractivity contribution >= 4 is 0 Å². The molecule has 0 heterocycles. The molecule has 1 rings (SSSR count). The lowest BCUT2D eigenvalue weighted by Gasteiger charge is -2.21. The Kier molecular flexibility index (Phi) is 19.8. The van der Waals surface area contributed by atoms with Crippen LogP contribution in [0.5, 0.6) is 11.5 Å². The lowest BCUT2D eigenvalue weighted by atomic mass is 9.87. The van der Waals surface area contributed by atoms with Crippen molar-refractivity contribution in [3.05, 3.63) is 23.8 Å². The summed E-state index contributed by atoms with van der Waals surface area (Å²) < 4.78 is 12.4. The van der Waals surface area contributed by atoms with Gasteiger partial charge < -0.3 is 19.7 Å². The minimum atomic E-state index is 0.0892. The fourth-order valence-corrected chi connectivity index (χ4v) is 4.47. The number of hydrogen-bond donors (Lipinski definition) is 2. The summed E-state index contributed by atoms with van der Waals surface area (Å²) in [5, 5.41) is 17.7. The van der Waals surface area contributed by atoms with Gasteiger partial charge in [0, 0.05) is 13.2 Å². The highest BCUT2D eigenvalue weighted by atomic mass is 16.5. The third-order valence-electron chi connectivity index (χ3n) is 6.93. The van der Waals surface area contributed by atoms with Crippen molar-refractivity contribution in [3.63, 3.8) is 0 Å². The molecule has 0 aliphatic carbocycles. The second-order valence-electron chi connectivity index (χ2n) is 11.4. The standard InChI is InChI=1S/C32H58O4/c1-32(2,3)29-22-23-30(35-26-20-16-12-8-4-6-10-14-18-24-33)31(28-29)36-27-21-17-13-9-5-7-11-15-19-25-34/h22-23,28,33-34H,4-21,24-27H2,1-3H3. The fourth-order valence-electron chi connectivity index (χ4n) is 4.47. The van der Waals surface area contributed by atoms with Crippen LogP contribution in [0.4, 0.5) is 0 Å². The summed E-state index contributed by atoms with van der Waals surface area (Å²) in [4.78, 5) is 0. The van der Waals surface area contributed by atoms with E-state index in [1.54, 1.807) is 0 Å². The number of benzene rings is 1. The Hall–Kier alpha value is -1.26. The van der Waals surface area contributed by atoms with Gasteiger partial charge in [-0.3, -0.25) is 0 Å². The average molecular weight is 507 g/mol. The maximum Gasteiger partial charge on any atom is 0.161 e. The van der Waals surface area contributed by atoms with E-state index in [4.69, 9.17) is 19.7 Å². The van der Waals surface area contributed by atoms with Crippen molar-refractivity contribution in [2.45, 2.75) is 142 Å². The molecule has 0 aliphatic heterocycles. The lowest BCUT2D eigenvalue weighted by molar-refractivity contribution is 0.257. The number of rotatable bonds is 24. The minimum absolute atomic E-state index is 0.0892. The van der Waals surface area contributed by atoms with E-state index in [-0.39, 0.29) is 5.41 Å². The SMILES string of the molecule is CC(C)(C)c1ccc(OCCCCCCCCCCCO)c(OCCCCCCCCCCCO)c1. The van der Waals surface area contributed by atoms with Crippen LogP contribution in [0.25, 0.3) is 0 Å². The Morgan fingerprint density at radius 1 is 0.500 bits per heavy atom. The first kappa shape index (κ1) is 32.8. The van der Waals surface area contributed by atoms with Crippen LogP contribution in [-0.4, -0.2) is 36.6 Å². The maximum absolute atomic E-state index is 8.83. The Bertz CT molecular complexity index is 623. The summed E-state index contributed by atoms with van der Waals surface area (Å²) >= 11 is 0.